The molecule has 0 unspecified atom stereocenters. The molecule has 0 aromatic heterocycles. The first kappa shape index (κ1) is 11.3. The van der Waals surface area contributed by atoms with Gasteiger partial charge in [0, 0.05) is 6.54 Å². The Kier molecular flexibility index (Phi) is 3.36. The number of hydrogen-bond donors (Lipinski definition) is 1. The summed E-state index contributed by atoms with van der Waals surface area (Å²) in [5, 5.41) is 0.577. The first-order valence-electron chi connectivity index (χ1n) is 5.17. The minimum atomic E-state index is 0.534. The molecule has 2 rings (SSSR count). The van der Waals surface area contributed by atoms with E-state index in [0.717, 1.165) is 11.1 Å². The lowest BCUT2D eigenvalue weighted by Crippen LogP contribution is -2.15. The third-order valence-corrected chi connectivity index (χ3v) is 2.63. The highest BCUT2D eigenvalue weighted by Gasteiger charge is 2.15. The van der Waals surface area contributed by atoms with Gasteiger partial charge in [-0.3, -0.25) is 0 Å². The summed E-state index contributed by atoms with van der Waals surface area (Å²) >= 11 is 6.11. The fraction of sp³-hybridized carbons (Fsp3) is 0.333. The predicted molar refractivity (Wildman–Crippen MR) is 65.1 cm³/mol. The van der Waals surface area contributed by atoms with Gasteiger partial charge in [0.05, 0.1) is 5.02 Å². The molecule has 1 heterocycles. The lowest BCUT2D eigenvalue weighted by Gasteiger charge is -2.19. The highest BCUT2D eigenvalue weighted by molar-refractivity contribution is 6.32. The molecule has 1 aromatic carbocycles. The summed E-state index contributed by atoms with van der Waals surface area (Å²) in [5.41, 5.74) is 7.61. The van der Waals surface area contributed by atoms with Gasteiger partial charge >= 0.3 is 0 Å². The molecule has 16 heavy (non-hydrogen) atoms. The van der Waals surface area contributed by atoms with Crippen molar-refractivity contribution in [1.82, 2.24) is 0 Å². The number of halogens is 1. The maximum absolute atomic E-state index is 6.11. The fourth-order valence-electron chi connectivity index (χ4n) is 1.56. The van der Waals surface area contributed by atoms with Crippen LogP contribution in [0, 0.1) is 0 Å². The van der Waals surface area contributed by atoms with E-state index in [0.29, 0.717) is 36.3 Å². The summed E-state index contributed by atoms with van der Waals surface area (Å²) in [6.45, 7) is 3.62. The average Bonchev–Trinajstić information content (AvgIpc) is 2.29. The number of rotatable bonds is 2. The second-order valence-electron chi connectivity index (χ2n) is 3.72. The van der Waals surface area contributed by atoms with Gasteiger partial charge in [-0.25, -0.2) is 0 Å². The molecular formula is C12H14ClNO2. The average molecular weight is 240 g/mol. The van der Waals surface area contributed by atoms with Crippen LogP contribution in [0.3, 0.4) is 0 Å². The summed E-state index contributed by atoms with van der Waals surface area (Å²) in [4.78, 5) is 0. The van der Waals surface area contributed by atoms with Crippen molar-refractivity contribution < 1.29 is 9.47 Å². The summed E-state index contributed by atoms with van der Waals surface area (Å²) in [7, 11) is 0. The summed E-state index contributed by atoms with van der Waals surface area (Å²) in [5.74, 6) is 1.34. The Labute approximate surface area is 99.8 Å². The summed E-state index contributed by atoms with van der Waals surface area (Å²) in [6, 6.07) is 3.77. The number of benzene rings is 1. The number of hydrogen-bond acceptors (Lipinski definition) is 3. The van der Waals surface area contributed by atoms with Gasteiger partial charge in [0.2, 0.25) is 0 Å². The Hall–Kier alpha value is -1.19. The minimum Gasteiger partial charge on any atom is -0.486 e. The highest BCUT2D eigenvalue weighted by atomic mass is 35.5. The molecule has 3 nitrogen and oxygen atoms in total. The van der Waals surface area contributed by atoms with Crippen molar-refractivity contribution in [3.05, 3.63) is 28.3 Å². The third kappa shape index (κ3) is 2.31. The molecule has 0 saturated carbocycles. The largest absolute Gasteiger partial charge is 0.486 e. The van der Waals surface area contributed by atoms with E-state index in [2.05, 4.69) is 0 Å². The Morgan fingerprint density at radius 2 is 2.19 bits per heavy atom. The van der Waals surface area contributed by atoms with Crippen LogP contribution in [-0.2, 0) is 0 Å². The molecule has 0 fully saturated rings. The van der Waals surface area contributed by atoms with Crippen molar-refractivity contribution in [2.24, 2.45) is 5.73 Å². The van der Waals surface area contributed by atoms with Gasteiger partial charge in [0.25, 0.3) is 0 Å². The van der Waals surface area contributed by atoms with E-state index >= 15 is 0 Å². The molecule has 86 valence electrons. The van der Waals surface area contributed by atoms with Crippen molar-refractivity contribution in [3.8, 4) is 11.5 Å². The lowest BCUT2D eigenvalue weighted by molar-refractivity contribution is 0.171. The molecule has 0 aliphatic carbocycles. The van der Waals surface area contributed by atoms with E-state index in [1.54, 1.807) is 0 Å². The van der Waals surface area contributed by atoms with Gasteiger partial charge in [0.15, 0.2) is 11.5 Å². The minimum absolute atomic E-state index is 0.534. The lowest BCUT2D eigenvalue weighted by atomic mass is 10.1. The highest BCUT2D eigenvalue weighted by Crippen LogP contribution is 2.38. The van der Waals surface area contributed by atoms with Gasteiger partial charge in [-0.2, -0.15) is 0 Å². The van der Waals surface area contributed by atoms with Crippen molar-refractivity contribution in [1.29, 1.82) is 0 Å². The second kappa shape index (κ2) is 4.76. The normalized spacial score (nSPS) is 15.1. The Balaban J connectivity index is 2.39. The Morgan fingerprint density at radius 1 is 1.44 bits per heavy atom. The molecule has 0 amide bonds. The first-order chi connectivity index (χ1) is 7.70. The van der Waals surface area contributed by atoms with Gasteiger partial charge in [0.1, 0.15) is 13.2 Å². The molecule has 0 saturated heterocycles. The standard InChI is InChI=1S/C12H14ClNO2/c1-8(7-14)4-9-5-10(13)12-11(6-9)15-2-3-16-12/h4-6H,2-3,7,14H2,1H3. The Morgan fingerprint density at radius 3 is 2.94 bits per heavy atom. The third-order valence-electron chi connectivity index (χ3n) is 2.35. The molecule has 4 heteroatoms. The summed E-state index contributed by atoms with van der Waals surface area (Å²) in [6.07, 6.45) is 1.99. The van der Waals surface area contributed by atoms with E-state index < -0.39 is 0 Å². The SMILES string of the molecule is CC(=Cc1cc(Cl)c2c(c1)OCCO2)CN. The molecule has 0 bridgehead atoms. The van der Waals surface area contributed by atoms with Crippen LogP contribution >= 0.6 is 11.6 Å². The summed E-state index contributed by atoms with van der Waals surface area (Å²) < 4.78 is 10.9. The zero-order valence-electron chi connectivity index (χ0n) is 9.13. The van der Waals surface area contributed by atoms with Crippen LogP contribution in [0.2, 0.25) is 5.02 Å². The van der Waals surface area contributed by atoms with Gasteiger partial charge in [-0.05, 0) is 24.6 Å². The van der Waals surface area contributed by atoms with Crippen LogP contribution in [0.15, 0.2) is 17.7 Å². The number of fused-ring (bicyclic) bond motifs is 1. The van der Waals surface area contributed by atoms with Crippen molar-refractivity contribution in [2.45, 2.75) is 6.92 Å². The van der Waals surface area contributed by atoms with Crippen LogP contribution in [0.4, 0.5) is 0 Å². The molecule has 1 aromatic rings. The maximum atomic E-state index is 6.11. The second-order valence-corrected chi connectivity index (χ2v) is 4.13. The van der Waals surface area contributed by atoms with E-state index in [9.17, 15) is 0 Å². The van der Waals surface area contributed by atoms with E-state index in [4.69, 9.17) is 26.8 Å². The zero-order valence-corrected chi connectivity index (χ0v) is 9.88. The van der Waals surface area contributed by atoms with E-state index in [-0.39, 0.29) is 0 Å². The van der Waals surface area contributed by atoms with Crippen LogP contribution in [0.5, 0.6) is 11.5 Å². The van der Waals surface area contributed by atoms with Crippen LogP contribution in [0.1, 0.15) is 12.5 Å². The quantitative estimate of drug-likeness (QED) is 0.862. The van der Waals surface area contributed by atoms with Crippen LogP contribution < -0.4 is 15.2 Å². The van der Waals surface area contributed by atoms with Gasteiger partial charge in [-0.1, -0.05) is 23.3 Å². The predicted octanol–water partition coefficient (Wildman–Crippen LogP) is 2.47. The molecule has 1 aliphatic heterocycles. The zero-order chi connectivity index (χ0) is 11.5. The smallest absolute Gasteiger partial charge is 0.179 e. The molecule has 0 spiro atoms. The van der Waals surface area contributed by atoms with Crippen molar-refractivity contribution >= 4 is 17.7 Å². The van der Waals surface area contributed by atoms with Crippen LogP contribution in [-0.4, -0.2) is 19.8 Å². The van der Waals surface area contributed by atoms with Gasteiger partial charge in [-0.15, -0.1) is 0 Å². The number of nitrogens with two attached hydrogens (primary N) is 1. The van der Waals surface area contributed by atoms with E-state index in [1.807, 2.05) is 25.1 Å². The Bertz CT molecular complexity index is 429. The van der Waals surface area contributed by atoms with Gasteiger partial charge < -0.3 is 15.2 Å². The molecule has 2 N–H and O–H groups in total. The molecule has 1 aliphatic rings. The van der Waals surface area contributed by atoms with E-state index in [1.165, 1.54) is 0 Å². The fourth-order valence-corrected chi connectivity index (χ4v) is 1.83. The first-order valence-corrected chi connectivity index (χ1v) is 5.55. The molecule has 0 radical (unpaired) electrons. The monoisotopic (exact) mass is 239 g/mol. The topological polar surface area (TPSA) is 44.5 Å². The molecule has 0 atom stereocenters. The van der Waals surface area contributed by atoms with Crippen molar-refractivity contribution in [3.63, 3.8) is 0 Å². The van der Waals surface area contributed by atoms with Crippen LogP contribution in [0.25, 0.3) is 6.08 Å². The van der Waals surface area contributed by atoms with Crippen molar-refractivity contribution in [2.75, 3.05) is 19.8 Å². The maximum Gasteiger partial charge on any atom is 0.179 e. The number of ether oxygens (including phenoxy) is 2. The molecular weight excluding hydrogens is 226 g/mol.